The molecule has 0 saturated carbocycles. The molecule has 2 heterocycles. The molecule has 0 N–H and O–H groups in total. The van der Waals surface area contributed by atoms with Crippen LogP contribution in [0.25, 0.3) is 11.3 Å². The van der Waals surface area contributed by atoms with Crippen LogP contribution in [0.4, 0.5) is 0 Å². The smallest absolute Gasteiger partial charge is 0.101 e. The fourth-order valence-electron chi connectivity index (χ4n) is 1.06. The van der Waals surface area contributed by atoms with Crippen LogP contribution in [0.15, 0.2) is 42.7 Å². The summed E-state index contributed by atoms with van der Waals surface area (Å²) < 4.78 is 0.997. The highest BCUT2D eigenvalue weighted by molar-refractivity contribution is 14.1. The summed E-state index contributed by atoms with van der Waals surface area (Å²) in [5, 5.41) is 0. The molecule has 0 spiro atoms. The van der Waals surface area contributed by atoms with E-state index < -0.39 is 0 Å². The van der Waals surface area contributed by atoms with Gasteiger partial charge in [0.15, 0.2) is 0 Å². The molecule has 0 aliphatic heterocycles. The molecular formula is C10H7IN2. The number of pyridine rings is 2. The topological polar surface area (TPSA) is 25.8 Å². The Morgan fingerprint density at radius 2 is 1.92 bits per heavy atom. The lowest BCUT2D eigenvalue weighted by molar-refractivity contribution is 1.25. The molecule has 0 aliphatic rings. The van der Waals surface area contributed by atoms with Gasteiger partial charge in [-0.3, -0.25) is 4.98 Å². The maximum atomic E-state index is 4.24. The summed E-state index contributed by atoms with van der Waals surface area (Å²) in [4.78, 5) is 8.44. The van der Waals surface area contributed by atoms with Gasteiger partial charge in [-0.15, -0.1) is 0 Å². The molecular weight excluding hydrogens is 275 g/mol. The van der Waals surface area contributed by atoms with Crippen LogP contribution in [0, 0.1) is 3.70 Å². The predicted octanol–water partition coefficient (Wildman–Crippen LogP) is 2.75. The standard InChI is InChI=1S/C10H7IN2/c11-10-5-4-8(7-13-10)9-3-1-2-6-12-9/h1-7H. The third kappa shape index (κ3) is 2.03. The Bertz CT molecular complexity index is 383. The van der Waals surface area contributed by atoms with E-state index in [4.69, 9.17) is 0 Å². The van der Waals surface area contributed by atoms with Crippen LogP contribution in [-0.4, -0.2) is 9.97 Å². The SMILES string of the molecule is Ic1ccc(-c2ccccn2)cn1. The first kappa shape index (κ1) is 8.62. The van der Waals surface area contributed by atoms with Crippen LogP contribution in [0.1, 0.15) is 0 Å². The van der Waals surface area contributed by atoms with E-state index in [9.17, 15) is 0 Å². The highest BCUT2D eigenvalue weighted by Crippen LogP contribution is 2.15. The molecule has 0 bridgehead atoms. The molecule has 0 saturated heterocycles. The molecule has 2 rings (SSSR count). The normalized spacial score (nSPS) is 9.92. The van der Waals surface area contributed by atoms with Crippen LogP contribution < -0.4 is 0 Å². The molecule has 0 unspecified atom stereocenters. The van der Waals surface area contributed by atoms with E-state index in [0.29, 0.717) is 0 Å². The summed E-state index contributed by atoms with van der Waals surface area (Å²) >= 11 is 2.18. The maximum Gasteiger partial charge on any atom is 0.101 e. The minimum absolute atomic E-state index is 0.964. The third-order valence-electron chi connectivity index (χ3n) is 1.69. The van der Waals surface area contributed by atoms with Gasteiger partial charge in [0.25, 0.3) is 0 Å². The molecule has 13 heavy (non-hydrogen) atoms. The average Bonchev–Trinajstić information content (AvgIpc) is 2.20. The fraction of sp³-hybridized carbons (Fsp3) is 0. The molecule has 0 aromatic carbocycles. The van der Waals surface area contributed by atoms with Gasteiger partial charge in [-0.25, -0.2) is 4.98 Å². The van der Waals surface area contributed by atoms with E-state index in [1.54, 1.807) is 6.20 Å². The number of hydrogen-bond donors (Lipinski definition) is 0. The summed E-state index contributed by atoms with van der Waals surface area (Å²) in [5.41, 5.74) is 2.02. The predicted molar refractivity (Wildman–Crippen MR) is 60.2 cm³/mol. The zero-order valence-electron chi connectivity index (χ0n) is 6.81. The third-order valence-corrected chi connectivity index (χ3v) is 2.33. The van der Waals surface area contributed by atoms with E-state index >= 15 is 0 Å². The largest absolute Gasteiger partial charge is 0.256 e. The molecule has 0 radical (unpaired) electrons. The van der Waals surface area contributed by atoms with Crippen molar-refractivity contribution in [3.63, 3.8) is 0 Å². The van der Waals surface area contributed by atoms with E-state index in [1.165, 1.54) is 0 Å². The Hall–Kier alpha value is -0.970. The van der Waals surface area contributed by atoms with Gasteiger partial charge >= 0.3 is 0 Å². The van der Waals surface area contributed by atoms with Crippen LogP contribution in [0.3, 0.4) is 0 Å². The van der Waals surface area contributed by atoms with Crippen molar-refractivity contribution >= 4 is 22.6 Å². The minimum atomic E-state index is 0.964. The van der Waals surface area contributed by atoms with Gasteiger partial charge in [-0.05, 0) is 46.9 Å². The van der Waals surface area contributed by atoms with Crippen molar-refractivity contribution < 1.29 is 0 Å². The highest BCUT2D eigenvalue weighted by atomic mass is 127. The van der Waals surface area contributed by atoms with Gasteiger partial charge in [0.05, 0.1) is 5.69 Å². The zero-order valence-corrected chi connectivity index (χ0v) is 8.97. The van der Waals surface area contributed by atoms with Crippen molar-refractivity contribution in [2.45, 2.75) is 0 Å². The molecule has 3 heteroatoms. The summed E-state index contributed by atoms with van der Waals surface area (Å²) in [6.45, 7) is 0. The Kier molecular flexibility index (Phi) is 2.54. The highest BCUT2D eigenvalue weighted by Gasteiger charge is 1.96. The second-order valence-corrected chi connectivity index (χ2v) is 3.69. The van der Waals surface area contributed by atoms with E-state index in [2.05, 4.69) is 32.6 Å². The van der Waals surface area contributed by atoms with Gasteiger partial charge in [0, 0.05) is 18.0 Å². The van der Waals surface area contributed by atoms with Crippen molar-refractivity contribution in [1.29, 1.82) is 0 Å². The molecule has 2 aromatic heterocycles. The number of aromatic nitrogens is 2. The van der Waals surface area contributed by atoms with Crippen molar-refractivity contribution in [3.05, 3.63) is 46.4 Å². The van der Waals surface area contributed by atoms with E-state index in [0.717, 1.165) is 15.0 Å². The minimum Gasteiger partial charge on any atom is -0.256 e. The average molecular weight is 282 g/mol. The zero-order chi connectivity index (χ0) is 9.10. The monoisotopic (exact) mass is 282 g/mol. The van der Waals surface area contributed by atoms with E-state index in [-0.39, 0.29) is 0 Å². The van der Waals surface area contributed by atoms with E-state index in [1.807, 2.05) is 36.5 Å². The summed E-state index contributed by atoms with van der Waals surface area (Å²) in [6, 6.07) is 9.86. The van der Waals surface area contributed by atoms with Gasteiger partial charge in [-0.2, -0.15) is 0 Å². The molecule has 0 fully saturated rings. The second kappa shape index (κ2) is 3.83. The lowest BCUT2D eigenvalue weighted by Gasteiger charge is -1.98. The fourth-order valence-corrected chi connectivity index (χ4v) is 1.38. The Morgan fingerprint density at radius 1 is 1.00 bits per heavy atom. The van der Waals surface area contributed by atoms with Crippen LogP contribution in [0.5, 0.6) is 0 Å². The maximum absolute atomic E-state index is 4.24. The molecule has 0 aliphatic carbocycles. The van der Waals surface area contributed by atoms with Gasteiger partial charge in [0.2, 0.25) is 0 Å². The number of rotatable bonds is 1. The molecule has 0 amide bonds. The summed E-state index contributed by atoms with van der Waals surface area (Å²) in [7, 11) is 0. The van der Waals surface area contributed by atoms with Gasteiger partial charge in [0.1, 0.15) is 3.70 Å². The summed E-state index contributed by atoms with van der Waals surface area (Å²) in [6.07, 6.45) is 3.62. The summed E-state index contributed by atoms with van der Waals surface area (Å²) in [5.74, 6) is 0. The molecule has 0 atom stereocenters. The molecule has 2 nitrogen and oxygen atoms in total. The number of hydrogen-bond acceptors (Lipinski definition) is 2. The van der Waals surface area contributed by atoms with Crippen LogP contribution in [0.2, 0.25) is 0 Å². The lowest BCUT2D eigenvalue weighted by Crippen LogP contribution is -1.84. The van der Waals surface area contributed by atoms with Crippen molar-refractivity contribution in [1.82, 2.24) is 9.97 Å². The number of nitrogens with zero attached hydrogens (tertiary/aromatic N) is 2. The quantitative estimate of drug-likeness (QED) is 0.593. The van der Waals surface area contributed by atoms with Crippen LogP contribution >= 0.6 is 22.6 Å². The first-order valence-electron chi connectivity index (χ1n) is 3.89. The van der Waals surface area contributed by atoms with Crippen molar-refractivity contribution in [3.8, 4) is 11.3 Å². The Morgan fingerprint density at radius 3 is 2.54 bits per heavy atom. The van der Waals surface area contributed by atoms with Gasteiger partial charge < -0.3 is 0 Å². The second-order valence-electron chi connectivity index (χ2n) is 2.58. The molecule has 2 aromatic rings. The Labute approximate surface area is 90.2 Å². The number of halogens is 1. The lowest BCUT2D eigenvalue weighted by atomic mass is 10.2. The first-order valence-corrected chi connectivity index (χ1v) is 4.97. The first-order chi connectivity index (χ1) is 6.36. The Balaban J connectivity index is 2.42. The van der Waals surface area contributed by atoms with Crippen LogP contribution in [-0.2, 0) is 0 Å². The molecule has 64 valence electrons. The van der Waals surface area contributed by atoms with Gasteiger partial charge in [-0.1, -0.05) is 6.07 Å². The van der Waals surface area contributed by atoms with Crippen molar-refractivity contribution in [2.24, 2.45) is 0 Å². The van der Waals surface area contributed by atoms with Crippen molar-refractivity contribution in [2.75, 3.05) is 0 Å².